The zero-order chi connectivity index (χ0) is 16.9. The van der Waals surface area contributed by atoms with Gasteiger partial charge in [0.2, 0.25) is 0 Å². The first-order valence-electron chi connectivity index (χ1n) is 7.73. The van der Waals surface area contributed by atoms with E-state index in [-0.39, 0.29) is 5.97 Å². The van der Waals surface area contributed by atoms with Crippen LogP contribution in [0.25, 0.3) is 11.1 Å². The maximum absolute atomic E-state index is 12.3. The minimum absolute atomic E-state index is 0.317. The predicted octanol–water partition coefficient (Wildman–Crippen LogP) is 2.51. The van der Waals surface area contributed by atoms with E-state index >= 15 is 0 Å². The molecule has 0 amide bonds. The standard InChI is InChI=1S/C17H18N4O3/c1-3-23-17(22)13(9-12-7-5-4-6-8-12)20-15-14-11(2)21-24-16(14)19-10-18-15/h4-8,10,13H,3,9H2,1-2H3,(H,18,19,20)/t13-/m0/s1. The van der Waals surface area contributed by atoms with Crippen molar-refractivity contribution in [3.8, 4) is 0 Å². The quantitative estimate of drug-likeness (QED) is 0.696. The Bertz CT molecular complexity index is 832. The number of fused-ring (bicyclic) bond motifs is 1. The number of hydrogen-bond donors (Lipinski definition) is 1. The number of carbonyl (C=O) groups excluding carboxylic acids is 1. The van der Waals surface area contributed by atoms with Gasteiger partial charge in [0.1, 0.15) is 23.6 Å². The first kappa shape index (κ1) is 15.9. The zero-order valence-corrected chi connectivity index (χ0v) is 13.5. The summed E-state index contributed by atoms with van der Waals surface area (Å²) in [5.41, 5.74) is 2.07. The van der Waals surface area contributed by atoms with E-state index in [2.05, 4.69) is 20.4 Å². The number of hydrogen-bond acceptors (Lipinski definition) is 7. The number of carbonyl (C=O) groups is 1. The Morgan fingerprint density at radius 2 is 2.08 bits per heavy atom. The smallest absolute Gasteiger partial charge is 0.328 e. The number of esters is 1. The molecular weight excluding hydrogens is 308 g/mol. The minimum Gasteiger partial charge on any atom is -0.464 e. The van der Waals surface area contributed by atoms with E-state index in [1.807, 2.05) is 30.3 Å². The maximum atomic E-state index is 12.3. The fraction of sp³-hybridized carbons (Fsp3) is 0.294. The summed E-state index contributed by atoms with van der Waals surface area (Å²) < 4.78 is 10.3. The topological polar surface area (TPSA) is 90.1 Å². The SMILES string of the molecule is CCOC(=O)[C@H](Cc1ccccc1)Nc1ncnc2onc(C)c12. The average molecular weight is 326 g/mol. The van der Waals surface area contributed by atoms with Gasteiger partial charge in [0.25, 0.3) is 5.71 Å². The number of ether oxygens (including phenoxy) is 1. The molecule has 0 unspecified atom stereocenters. The Labute approximate surface area is 139 Å². The van der Waals surface area contributed by atoms with Crippen LogP contribution in [0.5, 0.6) is 0 Å². The second-order valence-electron chi connectivity index (χ2n) is 5.31. The van der Waals surface area contributed by atoms with Crippen LogP contribution in [-0.2, 0) is 16.0 Å². The van der Waals surface area contributed by atoms with Crippen molar-refractivity contribution in [2.24, 2.45) is 0 Å². The van der Waals surface area contributed by atoms with Crippen LogP contribution in [-0.4, -0.2) is 33.7 Å². The lowest BCUT2D eigenvalue weighted by Gasteiger charge is -2.18. The second-order valence-corrected chi connectivity index (χ2v) is 5.31. The summed E-state index contributed by atoms with van der Waals surface area (Å²) in [6, 6.07) is 9.17. The highest BCUT2D eigenvalue weighted by Crippen LogP contribution is 2.23. The summed E-state index contributed by atoms with van der Waals surface area (Å²) in [7, 11) is 0. The van der Waals surface area contributed by atoms with Crippen LogP contribution in [0.2, 0.25) is 0 Å². The summed E-state index contributed by atoms with van der Waals surface area (Å²) in [6.07, 6.45) is 1.86. The number of aryl methyl sites for hydroxylation is 1. The number of benzene rings is 1. The molecule has 1 aromatic carbocycles. The fourth-order valence-corrected chi connectivity index (χ4v) is 2.48. The van der Waals surface area contributed by atoms with Crippen molar-refractivity contribution in [2.45, 2.75) is 26.3 Å². The average Bonchev–Trinajstić information content (AvgIpc) is 2.98. The van der Waals surface area contributed by atoms with Crippen molar-refractivity contribution in [3.63, 3.8) is 0 Å². The van der Waals surface area contributed by atoms with E-state index in [1.54, 1.807) is 13.8 Å². The fourth-order valence-electron chi connectivity index (χ4n) is 2.48. The lowest BCUT2D eigenvalue weighted by atomic mass is 10.1. The van der Waals surface area contributed by atoms with Crippen LogP contribution >= 0.6 is 0 Å². The van der Waals surface area contributed by atoms with Crippen molar-refractivity contribution in [3.05, 3.63) is 47.9 Å². The minimum atomic E-state index is -0.570. The Morgan fingerprint density at radius 1 is 1.29 bits per heavy atom. The molecule has 0 radical (unpaired) electrons. The van der Waals surface area contributed by atoms with E-state index < -0.39 is 6.04 Å². The Morgan fingerprint density at radius 3 is 2.83 bits per heavy atom. The number of nitrogens with zero attached hydrogens (tertiary/aromatic N) is 3. The predicted molar refractivity (Wildman–Crippen MR) is 88.5 cm³/mol. The summed E-state index contributed by atoms with van der Waals surface area (Å²) in [4.78, 5) is 20.6. The van der Waals surface area contributed by atoms with Crippen molar-refractivity contribution >= 4 is 22.9 Å². The van der Waals surface area contributed by atoms with Gasteiger partial charge < -0.3 is 14.6 Å². The van der Waals surface area contributed by atoms with Gasteiger partial charge in [-0.25, -0.2) is 9.78 Å². The van der Waals surface area contributed by atoms with Crippen LogP contribution in [0.3, 0.4) is 0 Å². The van der Waals surface area contributed by atoms with Crippen LogP contribution in [0.4, 0.5) is 5.82 Å². The molecule has 0 aliphatic rings. The summed E-state index contributed by atoms with van der Waals surface area (Å²) >= 11 is 0. The first-order chi connectivity index (χ1) is 11.7. The number of aromatic nitrogens is 3. The van der Waals surface area contributed by atoms with Crippen LogP contribution < -0.4 is 5.32 Å². The monoisotopic (exact) mass is 326 g/mol. The van der Waals surface area contributed by atoms with Gasteiger partial charge in [-0.05, 0) is 19.4 Å². The summed E-state index contributed by atoms with van der Waals surface area (Å²) in [5.74, 6) is 0.176. The molecule has 24 heavy (non-hydrogen) atoms. The molecule has 2 heterocycles. The Kier molecular flexibility index (Phi) is 4.69. The third-order valence-electron chi connectivity index (χ3n) is 3.61. The molecule has 7 nitrogen and oxygen atoms in total. The van der Waals surface area contributed by atoms with E-state index in [4.69, 9.17) is 9.26 Å². The van der Waals surface area contributed by atoms with Gasteiger partial charge in [0, 0.05) is 6.42 Å². The molecule has 124 valence electrons. The van der Waals surface area contributed by atoms with Gasteiger partial charge >= 0.3 is 5.97 Å². The van der Waals surface area contributed by atoms with Crippen molar-refractivity contribution < 1.29 is 14.1 Å². The maximum Gasteiger partial charge on any atom is 0.328 e. The summed E-state index contributed by atoms with van der Waals surface area (Å²) in [6.45, 7) is 3.90. The van der Waals surface area contributed by atoms with E-state index in [0.717, 1.165) is 5.56 Å². The van der Waals surface area contributed by atoms with Gasteiger partial charge in [-0.1, -0.05) is 35.5 Å². The second kappa shape index (κ2) is 7.08. The molecule has 2 aromatic heterocycles. The highest BCUT2D eigenvalue weighted by Gasteiger charge is 2.23. The highest BCUT2D eigenvalue weighted by molar-refractivity contribution is 5.90. The van der Waals surface area contributed by atoms with Gasteiger partial charge in [-0.15, -0.1) is 0 Å². The van der Waals surface area contributed by atoms with Gasteiger partial charge in [0.05, 0.1) is 12.3 Å². The molecule has 3 rings (SSSR count). The lowest BCUT2D eigenvalue weighted by Crippen LogP contribution is -2.34. The molecule has 0 aliphatic heterocycles. The largest absolute Gasteiger partial charge is 0.464 e. The number of anilines is 1. The van der Waals surface area contributed by atoms with E-state index in [1.165, 1.54) is 6.33 Å². The molecule has 0 bridgehead atoms. The number of rotatable bonds is 6. The molecular formula is C17H18N4O3. The van der Waals surface area contributed by atoms with Crippen molar-refractivity contribution in [2.75, 3.05) is 11.9 Å². The first-order valence-corrected chi connectivity index (χ1v) is 7.73. The van der Waals surface area contributed by atoms with Crippen LogP contribution in [0.15, 0.2) is 41.2 Å². The highest BCUT2D eigenvalue weighted by atomic mass is 16.5. The van der Waals surface area contributed by atoms with Crippen molar-refractivity contribution in [1.82, 2.24) is 15.1 Å². The third-order valence-corrected chi connectivity index (χ3v) is 3.61. The van der Waals surface area contributed by atoms with Gasteiger partial charge in [0.15, 0.2) is 0 Å². The molecule has 0 fully saturated rings. The third kappa shape index (κ3) is 3.34. The normalized spacial score (nSPS) is 12.1. The van der Waals surface area contributed by atoms with Crippen molar-refractivity contribution in [1.29, 1.82) is 0 Å². The molecule has 3 aromatic rings. The molecule has 7 heteroatoms. The molecule has 1 N–H and O–H groups in total. The Balaban J connectivity index is 1.90. The molecule has 1 atom stereocenters. The lowest BCUT2D eigenvalue weighted by molar-refractivity contribution is -0.144. The Hall–Kier alpha value is -2.96. The van der Waals surface area contributed by atoms with E-state index in [0.29, 0.717) is 35.6 Å². The molecule has 0 saturated carbocycles. The van der Waals surface area contributed by atoms with E-state index in [9.17, 15) is 4.79 Å². The summed E-state index contributed by atoms with van der Waals surface area (Å²) in [5, 5.41) is 7.72. The molecule has 0 saturated heterocycles. The molecule has 0 spiro atoms. The molecule has 0 aliphatic carbocycles. The number of nitrogens with one attached hydrogen (secondary N) is 1. The van der Waals surface area contributed by atoms with Gasteiger partial charge in [-0.2, -0.15) is 4.98 Å². The van der Waals surface area contributed by atoms with Gasteiger partial charge in [-0.3, -0.25) is 0 Å². The zero-order valence-electron chi connectivity index (χ0n) is 13.5. The van der Waals surface area contributed by atoms with Crippen LogP contribution in [0, 0.1) is 6.92 Å². The van der Waals surface area contributed by atoms with Crippen LogP contribution in [0.1, 0.15) is 18.2 Å².